The number of primary sulfonamides is 1. The molecule has 0 fully saturated rings. The molecule has 4 aromatic rings. The summed E-state index contributed by atoms with van der Waals surface area (Å²) in [5, 5.41) is 5.25. The van der Waals surface area contributed by atoms with Crippen LogP contribution in [0.25, 0.3) is 10.2 Å². The van der Waals surface area contributed by atoms with E-state index in [1.807, 2.05) is 18.2 Å². The summed E-state index contributed by atoms with van der Waals surface area (Å²) < 4.78 is 36.5. The van der Waals surface area contributed by atoms with E-state index >= 15 is 0 Å². The van der Waals surface area contributed by atoms with Crippen LogP contribution >= 0.6 is 11.3 Å². The number of nitrogens with zero attached hydrogens (tertiary/aromatic N) is 2. The van der Waals surface area contributed by atoms with Crippen LogP contribution in [0.1, 0.15) is 17.3 Å². The van der Waals surface area contributed by atoms with Gasteiger partial charge in [-0.3, -0.25) is 9.59 Å². The zero-order valence-electron chi connectivity index (χ0n) is 18.6. The second kappa shape index (κ2) is 10.2. The minimum atomic E-state index is -3.94. The molecule has 180 valence electrons. The fourth-order valence-corrected chi connectivity index (χ4v) is 4.98. The van der Waals surface area contributed by atoms with Crippen LogP contribution in [-0.4, -0.2) is 31.5 Å². The van der Waals surface area contributed by atoms with Gasteiger partial charge in [0.05, 0.1) is 27.3 Å². The minimum Gasteiger partial charge on any atom is -0.465 e. The summed E-state index contributed by atoms with van der Waals surface area (Å²) in [4.78, 5) is 29.8. The Morgan fingerprint density at radius 3 is 2.46 bits per heavy atom. The fraction of sp³-hybridized carbons (Fsp3) is 0.125. The highest BCUT2D eigenvalue weighted by Crippen LogP contribution is 2.26. The highest BCUT2D eigenvalue weighted by Gasteiger charge is 2.17. The van der Waals surface area contributed by atoms with E-state index in [9.17, 15) is 18.0 Å². The fourth-order valence-electron chi connectivity index (χ4n) is 3.30. The highest BCUT2D eigenvalue weighted by atomic mass is 32.2. The molecule has 0 saturated carbocycles. The third kappa shape index (κ3) is 5.65. The molecule has 1 heterocycles. The van der Waals surface area contributed by atoms with Gasteiger partial charge in [-0.05, 0) is 49.4 Å². The van der Waals surface area contributed by atoms with Gasteiger partial charge in [-0.25, -0.2) is 13.6 Å². The van der Waals surface area contributed by atoms with E-state index in [4.69, 9.17) is 14.6 Å². The van der Waals surface area contributed by atoms with Crippen molar-refractivity contribution in [3.05, 3.63) is 83.2 Å². The van der Waals surface area contributed by atoms with E-state index in [2.05, 4.69) is 4.99 Å². The van der Waals surface area contributed by atoms with Crippen LogP contribution in [0.5, 0.6) is 11.5 Å². The Bertz CT molecular complexity index is 1570. The number of ether oxygens (including phenoxy) is 2. The van der Waals surface area contributed by atoms with Crippen LogP contribution in [0.4, 0.5) is 0 Å². The Labute approximate surface area is 205 Å². The summed E-state index contributed by atoms with van der Waals surface area (Å²) in [5.41, 5.74) is 0.734. The van der Waals surface area contributed by atoms with Gasteiger partial charge in [0.15, 0.2) is 4.80 Å². The number of esters is 1. The maximum absolute atomic E-state index is 13.2. The first-order valence-electron chi connectivity index (χ1n) is 10.5. The summed E-state index contributed by atoms with van der Waals surface area (Å²) in [6.45, 7) is 1.66. The molecule has 0 aliphatic rings. The molecule has 0 radical (unpaired) electrons. The third-order valence-corrected chi connectivity index (χ3v) is 6.81. The number of carbonyl (C=O) groups is 2. The van der Waals surface area contributed by atoms with Crippen LogP contribution in [0.15, 0.2) is 82.7 Å². The van der Waals surface area contributed by atoms with Gasteiger partial charge in [-0.1, -0.05) is 41.7 Å². The van der Waals surface area contributed by atoms with Crippen LogP contribution in [0, 0.1) is 0 Å². The van der Waals surface area contributed by atoms with Gasteiger partial charge in [-0.2, -0.15) is 4.99 Å². The zero-order valence-corrected chi connectivity index (χ0v) is 20.2. The van der Waals surface area contributed by atoms with Crippen molar-refractivity contribution in [1.82, 2.24) is 4.57 Å². The molecule has 3 aromatic carbocycles. The smallest absolute Gasteiger partial charge is 0.326 e. The highest BCUT2D eigenvalue weighted by molar-refractivity contribution is 7.89. The van der Waals surface area contributed by atoms with Crippen LogP contribution < -0.4 is 14.7 Å². The quantitative estimate of drug-likeness (QED) is 0.378. The molecule has 4 rings (SSSR count). The molecule has 0 atom stereocenters. The maximum Gasteiger partial charge on any atom is 0.326 e. The number of benzene rings is 3. The Morgan fingerprint density at radius 1 is 1.03 bits per heavy atom. The van der Waals surface area contributed by atoms with Crippen molar-refractivity contribution >= 4 is 43.5 Å². The molecule has 35 heavy (non-hydrogen) atoms. The Kier molecular flexibility index (Phi) is 7.10. The number of fused-ring (bicyclic) bond motifs is 1. The molecule has 0 unspecified atom stereocenters. The number of nitrogens with two attached hydrogens (primary N) is 1. The molecule has 0 aliphatic heterocycles. The number of thiazole rings is 1. The van der Waals surface area contributed by atoms with Crippen molar-refractivity contribution in [2.75, 3.05) is 6.61 Å². The molecule has 0 bridgehead atoms. The summed E-state index contributed by atoms with van der Waals surface area (Å²) in [5.74, 6) is -0.235. The van der Waals surface area contributed by atoms with E-state index in [1.54, 1.807) is 43.3 Å². The number of hydrogen-bond donors (Lipinski definition) is 1. The van der Waals surface area contributed by atoms with Gasteiger partial charge < -0.3 is 14.0 Å². The van der Waals surface area contributed by atoms with Crippen molar-refractivity contribution in [2.45, 2.75) is 18.4 Å². The molecule has 11 heteroatoms. The van der Waals surface area contributed by atoms with Crippen molar-refractivity contribution < 1.29 is 27.5 Å². The van der Waals surface area contributed by atoms with Crippen molar-refractivity contribution in [2.24, 2.45) is 10.1 Å². The average molecular weight is 512 g/mol. The summed E-state index contributed by atoms with van der Waals surface area (Å²) in [6.07, 6.45) is 0. The molecule has 2 N–H and O–H groups in total. The number of rotatable bonds is 7. The monoisotopic (exact) mass is 511 g/mol. The lowest BCUT2D eigenvalue weighted by atomic mass is 10.2. The second-order valence-corrected chi connectivity index (χ2v) is 9.85. The first-order valence-corrected chi connectivity index (χ1v) is 12.9. The van der Waals surface area contributed by atoms with E-state index < -0.39 is 21.9 Å². The number of carbonyl (C=O) groups excluding carboxylic acids is 2. The Morgan fingerprint density at radius 2 is 1.74 bits per heavy atom. The van der Waals surface area contributed by atoms with Gasteiger partial charge in [0.25, 0.3) is 5.91 Å². The maximum atomic E-state index is 13.2. The molecular formula is C24H21N3O6S2. The van der Waals surface area contributed by atoms with Gasteiger partial charge >= 0.3 is 5.97 Å². The number of sulfonamides is 1. The SMILES string of the molecule is CCOC(=O)Cn1c(=NC(=O)c2ccccc2Oc2ccccc2)sc2cc(S(N)(=O)=O)ccc21. The van der Waals surface area contributed by atoms with Gasteiger partial charge in [0, 0.05) is 0 Å². The van der Waals surface area contributed by atoms with E-state index in [0.717, 1.165) is 11.3 Å². The molecule has 9 nitrogen and oxygen atoms in total. The third-order valence-electron chi connectivity index (χ3n) is 4.86. The second-order valence-electron chi connectivity index (χ2n) is 7.28. The molecule has 0 spiro atoms. The van der Waals surface area contributed by atoms with Crippen LogP contribution in [0.3, 0.4) is 0 Å². The van der Waals surface area contributed by atoms with Crippen molar-refractivity contribution in [1.29, 1.82) is 0 Å². The number of amides is 1. The van der Waals surface area contributed by atoms with E-state index in [1.165, 1.54) is 22.8 Å². The van der Waals surface area contributed by atoms with Gasteiger partial charge in [0.1, 0.15) is 18.0 Å². The first-order chi connectivity index (χ1) is 16.8. The number of hydrogen-bond acceptors (Lipinski definition) is 7. The minimum absolute atomic E-state index is 0.0889. The lowest BCUT2D eigenvalue weighted by Gasteiger charge is -2.09. The zero-order chi connectivity index (χ0) is 25.0. The number of aromatic nitrogens is 1. The normalized spacial score (nSPS) is 12.0. The molecule has 0 aliphatic carbocycles. The topological polar surface area (TPSA) is 130 Å². The van der Waals surface area contributed by atoms with E-state index in [-0.39, 0.29) is 28.4 Å². The van der Waals surface area contributed by atoms with Crippen molar-refractivity contribution in [3.8, 4) is 11.5 Å². The lowest BCUT2D eigenvalue weighted by Crippen LogP contribution is -2.23. The first kappa shape index (κ1) is 24.3. The van der Waals surface area contributed by atoms with Crippen LogP contribution in [-0.2, 0) is 26.1 Å². The summed E-state index contributed by atoms with van der Waals surface area (Å²) >= 11 is 1.05. The largest absolute Gasteiger partial charge is 0.465 e. The average Bonchev–Trinajstić information content (AvgIpc) is 3.15. The van der Waals surface area contributed by atoms with Gasteiger partial charge in [-0.15, -0.1) is 0 Å². The lowest BCUT2D eigenvalue weighted by molar-refractivity contribution is -0.143. The Hall–Kier alpha value is -3.80. The molecular weight excluding hydrogens is 490 g/mol. The predicted octanol–water partition coefficient (Wildman–Crippen LogP) is 3.45. The molecule has 1 amide bonds. The van der Waals surface area contributed by atoms with Crippen LogP contribution in [0.2, 0.25) is 0 Å². The summed E-state index contributed by atoms with van der Waals surface area (Å²) in [6, 6.07) is 19.9. The summed E-state index contributed by atoms with van der Waals surface area (Å²) in [7, 11) is -3.94. The molecule has 1 aromatic heterocycles. The van der Waals surface area contributed by atoms with Gasteiger partial charge in [0.2, 0.25) is 10.0 Å². The van der Waals surface area contributed by atoms with Crippen molar-refractivity contribution in [3.63, 3.8) is 0 Å². The predicted molar refractivity (Wildman–Crippen MR) is 131 cm³/mol. The standard InChI is InChI=1S/C24H21N3O6S2/c1-2-32-22(28)15-27-19-13-12-17(35(25,30)31)14-21(19)34-24(27)26-23(29)18-10-6-7-11-20(18)33-16-8-4-3-5-9-16/h3-14H,2,15H2,1H3,(H2,25,30,31). The number of para-hydroxylation sites is 2. The molecule has 0 saturated heterocycles. The Balaban J connectivity index is 1.81. The van der Waals surface area contributed by atoms with E-state index in [0.29, 0.717) is 21.7 Å².